The third-order valence-electron chi connectivity index (χ3n) is 5.91. The van der Waals surface area contributed by atoms with E-state index in [2.05, 4.69) is 56.4 Å². The van der Waals surface area contributed by atoms with Gasteiger partial charge in [0.15, 0.2) is 16.6 Å². The molecule has 0 saturated carbocycles. The number of hydrogen-bond acceptors (Lipinski definition) is 8. The fraction of sp³-hybridized carbons (Fsp3) is 0.375. The predicted octanol–water partition coefficient (Wildman–Crippen LogP) is 3.20. The van der Waals surface area contributed by atoms with Crippen LogP contribution in [0.25, 0.3) is 10.4 Å². The van der Waals surface area contributed by atoms with Crippen molar-refractivity contribution in [2.45, 2.75) is 33.1 Å². The smallest absolute Gasteiger partial charge is 0.322 e. The number of carboxylic acid groups (broad SMARTS) is 1. The minimum Gasteiger partial charge on any atom is -0.504 e. The molecule has 0 atom stereocenters. The summed E-state index contributed by atoms with van der Waals surface area (Å²) >= 11 is 1.70. The van der Waals surface area contributed by atoms with Gasteiger partial charge < -0.3 is 20.4 Å². The van der Waals surface area contributed by atoms with Crippen molar-refractivity contribution in [2.75, 3.05) is 24.5 Å². The first-order valence-corrected chi connectivity index (χ1v) is 12.0. The Morgan fingerprint density at radius 3 is 2.53 bits per heavy atom. The molecule has 1 fully saturated rings. The topological polar surface area (TPSA) is 129 Å². The van der Waals surface area contributed by atoms with Gasteiger partial charge in [-0.05, 0) is 38.2 Å². The number of aliphatic carboxylic acids is 1. The van der Waals surface area contributed by atoms with Crippen LogP contribution in [0.3, 0.4) is 0 Å². The number of aromatic hydroxyl groups is 1. The van der Waals surface area contributed by atoms with E-state index in [4.69, 9.17) is 5.11 Å². The number of carbonyl (C=O) groups is 2. The van der Waals surface area contributed by atoms with Gasteiger partial charge in [-0.15, -0.1) is 0 Å². The lowest BCUT2D eigenvalue weighted by Crippen LogP contribution is -2.34. The minimum atomic E-state index is -1.17. The minimum absolute atomic E-state index is 0.187. The third kappa shape index (κ3) is 5.51. The fourth-order valence-corrected chi connectivity index (χ4v) is 4.94. The first kappa shape index (κ1) is 23.6. The Labute approximate surface area is 201 Å². The molecule has 0 bridgehead atoms. The van der Waals surface area contributed by atoms with Crippen molar-refractivity contribution >= 4 is 28.3 Å². The van der Waals surface area contributed by atoms with Gasteiger partial charge in [0, 0.05) is 25.7 Å². The van der Waals surface area contributed by atoms with Crippen LogP contribution in [-0.4, -0.2) is 56.7 Å². The highest BCUT2D eigenvalue weighted by Crippen LogP contribution is 2.33. The molecule has 3 N–H and O–H groups in total. The zero-order valence-electron chi connectivity index (χ0n) is 19.1. The molecule has 34 heavy (non-hydrogen) atoms. The molecule has 0 radical (unpaired) electrons. The van der Waals surface area contributed by atoms with Gasteiger partial charge in [-0.25, -0.2) is 15.0 Å². The van der Waals surface area contributed by atoms with Gasteiger partial charge in [0.25, 0.3) is 5.91 Å². The maximum atomic E-state index is 12.3. The summed E-state index contributed by atoms with van der Waals surface area (Å²) in [7, 11) is 0. The van der Waals surface area contributed by atoms with E-state index in [9.17, 15) is 14.7 Å². The lowest BCUT2D eigenvalue weighted by atomic mass is 9.93. The molecule has 1 aliphatic rings. The van der Waals surface area contributed by atoms with Crippen LogP contribution in [0.2, 0.25) is 0 Å². The summed E-state index contributed by atoms with van der Waals surface area (Å²) in [4.78, 5) is 39.6. The van der Waals surface area contributed by atoms with E-state index in [1.54, 1.807) is 18.3 Å². The van der Waals surface area contributed by atoms with E-state index in [1.807, 2.05) is 6.20 Å². The Bertz CT molecular complexity index is 1190. The molecule has 2 aromatic heterocycles. The Morgan fingerprint density at radius 2 is 1.85 bits per heavy atom. The third-order valence-corrected chi connectivity index (χ3v) is 7.01. The van der Waals surface area contributed by atoms with Crippen LogP contribution < -0.4 is 10.2 Å². The Kier molecular flexibility index (Phi) is 7.06. The number of amides is 1. The van der Waals surface area contributed by atoms with Crippen molar-refractivity contribution in [2.24, 2.45) is 5.92 Å². The van der Waals surface area contributed by atoms with Gasteiger partial charge in [-0.2, -0.15) is 0 Å². The quantitative estimate of drug-likeness (QED) is 0.469. The largest absolute Gasteiger partial charge is 0.504 e. The van der Waals surface area contributed by atoms with Crippen LogP contribution in [0.5, 0.6) is 5.75 Å². The highest BCUT2D eigenvalue weighted by atomic mass is 32.1. The van der Waals surface area contributed by atoms with Crippen LogP contribution in [0.4, 0.5) is 5.13 Å². The number of piperidine rings is 1. The van der Waals surface area contributed by atoms with Crippen LogP contribution in [0, 0.1) is 19.8 Å². The highest BCUT2D eigenvalue weighted by molar-refractivity contribution is 7.18. The monoisotopic (exact) mass is 481 g/mol. The van der Waals surface area contributed by atoms with E-state index in [1.165, 1.54) is 11.1 Å². The number of carboxylic acids is 1. The van der Waals surface area contributed by atoms with Gasteiger partial charge in [0.05, 0.1) is 10.6 Å². The standard InChI is InChI=1S/C24H27N5O4S/c1-14-3-5-17(6-4-14)18-12-26-24(34-18)29-9-7-16(8-10-29)11-19-27-15(2)22(32)21(28-19)23(33)25-13-20(30)31/h3-6,12,16,32H,7-11,13H2,1-2H3,(H,25,33)(H,30,31). The van der Waals surface area contributed by atoms with Crippen molar-refractivity contribution in [3.05, 3.63) is 53.2 Å². The Hall–Kier alpha value is -3.53. The first-order valence-electron chi connectivity index (χ1n) is 11.1. The molecule has 178 valence electrons. The number of benzene rings is 1. The first-order chi connectivity index (χ1) is 16.3. The number of nitrogens with one attached hydrogen (secondary N) is 1. The average molecular weight is 482 g/mol. The van der Waals surface area contributed by atoms with Crippen molar-refractivity contribution in [3.8, 4) is 16.2 Å². The van der Waals surface area contributed by atoms with Crippen molar-refractivity contribution in [3.63, 3.8) is 0 Å². The van der Waals surface area contributed by atoms with Crippen molar-refractivity contribution < 1.29 is 19.8 Å². The molecule has 4 rings (SSSR count). The number of aromatic nitrogens is 3. The van der Waals surface area contributed by atoms with Crippen LogP contribution in [0.1, 0.15) is 40.4 Å². The van der Waals surface area contributed by atoms with E-state index in [0.717, 1.165) is 35.9 Å². The molecule has 0 aliphatic carbocycles. The van der Waals surface area contributed by atoms with Gasteiger partial charge >= 0.3 is 5.97 Å². The van der Waals surface area contributed by atoms with Gasteiger partial charge in [0.1, 0.15) is 12.4 Å². The van der Waals surface area contributed by atoms with Crippen LogP contribution in [-0.2, 0) is 11.2 Å². The molecule has 0 spiro atoms. The summed E-state index contributed by atoms with van der Waals surface area (Å²) in [6, 6.07) is 8.45. The number of nitrogens with zero attached hydrogens (tertiary/aromatic N) is 4. The second-order valence-electron chi connectivity index (χ2n) is 8.51. The van der Waals surface area contributed by atoms with Crippen LogP contribution >= 0.6 is 11.3 Å². The normalized spacial score (nSPS) is 14.2. The SMILES string of the molecule is Cc1ccc(-c2cnc(N3CCC(Cc4nc(C)c(O)c(C(=O)NCC(=O)O)n4)CC3)s2)cc1. The summed E-state index contributed by atoms with van der Waals surface area (Å²) in [5.41, 5.74) is 2.52. The maximum absolute atomic E-state index is 12.3. The molecule has 0 unspecified atom stereocenters. The molecule has 3 heterocycles. The number of aryl methyl sites for hydroxylation is 2. The van der Waals surface area contributed by atoms with E-state index in [0.29, 0.717) is 23.9 Å². The average Bonchev–Trinajstić information content (AvgIpc) is 3.31. The summed E-state index contributed by atoms with van der Waals surface area (Å²) in [5, 5.41) is 22.2. The number of anilines is 1. The molecule has 1 aromatic carbocycles. The Balaban J connectivity index is 1.37. The van der Waals surface area contributed by atoms with Crippen LogP contribution in [0.15, 0.2) is 30.5 Å². The number of hydrogen-bond donors (Lipinski definition) is 3. The van der Waals surface area contributed by atoms with E-state index >= 15 is 0 Å². The lowest BCUT2D eigenvalue weighted by molar-refractivity contribution is -0.135. The van der Waals surface area contributed by atoms with Crippen molar-refractivity contribution in [1.29, 1.82) is 0 Å². The molecule has 10 heteroatoms. The number of carbonyl (C=O) groups excluding carboxylic acids is 1. The maximum Gasteiger partial charge on any atom is 0.322 e. The molecule has 3 aromatic rings. The summed E-state index contributed by atoms with van der Waals surface area (Å²) in [5.74, 6) is -1.40. The summed E-state index contributed by atoms with van der Waals surface area (Å²) in [6.45, 7) is 4.87. The molecule has 1 amide bonds. The van der Waals surface area contributed by atoms with Crippen molar-refractivity contribution in [1.82, 2.24) is 20.3 Å². The second-order valence-corrected chi connectivity index (χ2v) is 9.52. The van der Waals surface area contributed by atoms with E-state index < -0.39 is 18.4 Å². The van der Waals surface area contributed by atoms with Gasteiger partial charge in [0.2, 0.25) is 0 Å². The zero-order valence-corrected chi connectivity index (χ0v) is 19.9. The van der Waals surface area contributed by atoms with E-state index in [-0.39, 0.29) is 11.4 Å². The molecular weight excluding hydrogens is 454 g/mol. The fourth-order valence-electron chi connectivity index (χ4n) is 3.96. The molecule has 1 aliphatic heterocycles. The number of thiazole rings is 1. The molecular formula is C24H27N5O4S. The lowest BCUT2D eigenvalue weighted by Gasteiger charge is -2.31. The highest BCUT2D eigenvalue weighted by Gasteiger charge is 2.24. The van der Waals surface area contributed by atoms with Gasteiger partial charge in [-0.3, -0.25) is 9.59 Å². The molecule has 1 saturated heterocycles. The van der Waals surface area contributed by atoms with Gasteiger partial charge in [-0.1, -0.05) is 41.2 Å². The number of rotatable bonds is 7. The summed E-state index contributed by atoms with van der Waals surface area (Å²) in [6.07, 6.45) is 4.38. The zero-order chi connectivity index (χ0) is 24.2. The summed E-state index contributed by atoms with van der Waals surface area (Å²) < 4.78 is 0. The Morgan fingerprint density at radius 1 is 1.15 bits per heavy atom. The predicted molar refractivity (Wildman–Crippen MR) is 129 cm³/mol. The second kappa shape index (κ2) is 10.2. The molecule has 9 nitrogen and oxygen atoms in total.